The lowest BCUT2D eigenvalue weighted by atomic mass is 9.75. The van der Waals surface area contributed by atoms with E-state index in [0.29, 0.717) is 11.4 Å². The Morgan fingerprint density at radius 1 is 1.40 bits per heavy atom. The number of hydrogen-bond acceptors (Lipinski definition) is 3. The molecule has 3 N–H and O–H groups in total. The minimum atomic E-state index is -3.45. The summed E-state index contributed by atoms with van der Waals surface area (Å²) in [4.78, 5) is 0.309. The van der Waals surface area contributed by atoms with E-state index in [1.165, 1.54) is 0 Å². The zero-order valence-electron chi connectivity index (χ0n) is 12.2. The van der Waals surface area contributed by atoms with Crippen molar-refractivity contribution in [3.05, 3.63) is 29.8 Å². The first-order valence-corrected chi connectivity index (χ1v) is 8.62. The smallest absolute Gasteiger partial charge is 0.240 e. The summed E-state index contributed by atoms with van der Waals surface area (Å²) in [6, 6.07) is 6.88. The van der Waals surface area contributed by atoms with Crippen LogP contribution in [0.2, 0.25) is 0 Å². The van der Waals surface area contributed by atoms with E-state index in [-0.39, 0.29) is 11.5 Å². The fraction of sp³-hybridized carbons (Fsp3) is 0.600. The molecule has 4 nitrogen and oxygen atoms in total. The molecule has 0 radical (unpaired) electrons. The molecule has 0 aromatic heterocycles. The number of nitrogens with two attached hydrogens (primary N) is 1. The highest BCUT2D eigenvalue weighted by Gasteiger charge is 2.30. The van der Waals surface area contributed by atoms with Crippen molar-refractivity contribution in [1.82, 2.24) is 4.72 Å². The minimum Gasteiger partial charge on any atom is -0.326 e. The Morgan fingerprint density at radius 2 is 2.15 bits per heavy atom. The van der Waals surface area contributed by atoms with Crippen LogP contribution >= 0.6 is 0 Å². The zero-order valence-corrected chi connectivity index (χ0v) is 13.0. The number of rotatable bonds is 4. The van der Waals surface area contributed by atoms with Crippen LogP contribution in [0.5, 0.6) is 0 Å². The Labute approximate surface area is 121 Å². The van der Waals surface area contributed by atoms with Gasteiger partial charge in [0.1, 0.15) is 0 Å². The Bertz CT molecular complexity index is 567. The second-order valence-electron chi connectivity index (χ2n) is 6.43. The first kappa shape index (κ1) is 15.5. The first-order chi connectivity index (χ1) is 9.32. The lowest BCUT2D eigenvalue weighted by Crippen LogP contribution is -2.40. The summed E-state index contributed by atoms with van der Waals surface area (Å²) in [5.74, 6) is 0. The molecule has 1 fully saturated rings. The van der Waals surface area contributed by atoms with Gasteiger partial charge < -0.3 is 5.73 Å². The van der Waals surface area contributed by atoms with Crippen molar-refractivity contribution in [1.29, 1.82) is 0 Å². The Balaban J connectivity index is 2.14. The molecule has 0 amide bonds. The van der Waals surface area contributed by atoms with Crippen LogP contribution in [0.3, 0.4) is 0 Å². The average Bonchev–Trinajstić information content (AvgIpc) is 2.37. The van der Waals surface area contributed by atoms with Gasteiger partial charge in [-0.1, -0.05) is 32.4 Å². The molecule has 112 valence electrons. The van der Waals surface area contributed by atoms with Crippen LogP contribution in [0.25, 0.3) is 0 Å². The monoisotopic (exact) mass is 296 g/mol. The van der Waals surface area contributed by atoms with Crippen molar-refractivity contribution in [3.8, 4) is 0 Å². The van der Waals surface area contributed by atoms with Gasteiger partial charge in [0, 0.05) is 12.6 Å². The summed E-state index contributed by atoms with van der Waals surface area (Å²) >= 11 is 0. The molecule has 1 aromatic rings. The second kappa shape index (κ2) is 5.84. The number of sulfonamides is 1. The SMILES string of the molecule is CC1(C)CCCC(NS(=O)(=O)c2cccc(CN)c2)C1. The van der Waals surface area contributed by atoms with Gasteiger partial charge in [-0.05, 0) is 42.4 Å². The van der Waals surface area contributed by atoms with E-state index in [1.807, 2.05) is 6.07 Å². The number of benzene rings is 1. The number of hydrogen-bond donors (Lipinski definition) is 2. The maximum atomic E-state index is 12.4. The van der Waals surface area contributed by atoms with E-state index in [2.05, 4.69) is 18.6 Å². The standard InChI is InChI=1S/C15H24N2O2S/c1-15(2)8-4-6-13(10-15)17-20(18,19)14-7-3-5-12(9-14)11-16/h3,5,7,9,13,17H,4,6,8,10-11,16H2,1-2H3. The lowest BCUT2D eigenvalue weighted by molar-refractivity contribution is 0.212. The van der Waals surface area contributed by atoms with Crippen molar-refractivity contribution in [2.45, 2.75) is 57.0 Å². The van der Waals surface area contributed by atoms with Gasteiger partial charge in [-0.15, -0.1) is 0 Å². The third-order valence-corrected chi connectivity index (χ3v) is 5.49. The Morgan fingerprint density at radius 3 is 2.80 bits per heavy atom. The van der Waals surface area contributed by atoms with E-state index in [9.17, 15) is 8.42 Å². The molecule has 0 saturated heterocycles. The van der Waals surface area contributed by atoms with Gasteiger partial charge in [-0.2, -0.15) is 0 Å². The molecule has 0 heterocycles. The predicted octanol–water partition coefficient (Wildman–Crippen LogP) is 2.39. The van der Waals surface area contributed by atoms with E-state index in [4.69, 9.17) is 5.73 Å². The van der Waals surface area contributed by atoms with Crippen LogP contribution in [0.1, 0.15) is 45.1 Å². The van der Waals surface area contributed by atoms with Gasteiger partial charge in [0.05, 0.1) is 4.90 Å². The normalized spacial score (nSPS) is 22.6. The Kier molecular flexibility index (Phi) is 4.52. The maximum Gasteiger partial charge on any atom is 0.240 e. The predicted molar refractivity (Wildman–Crippen MR) is 80.7 cm³/mol. The highest BCUT2D eigenvalue weighted by Crippen LogP contribution is 2.35. The molecule has 5 heteroatoms. The summed E-state index contributed by atoms with van der Waals surface area (Å²) in [7, 11) is -3.45. The molecule has 1 unspecified atom stereocenters. The third-order valence-electron chi connectivity index (χ3n) is 3.97. The van der Waals surface area contributed by atoms with E-state index < -0.39 is 10.0 Å². The van der Waals surface area contributed by atoms with E-state index >= 15 is 0 Å². The molecular formula is C15H24N2O2S. The van der Waals surface area contributed by atoms with Gasteiger partial charge in [-0.3, -0.25) is 0 Å². The van der Waals surface area contributed by atoms with Crippen molar-refractivity contribution in [2.24, 2.45) is 11.1 Å². The lowest BCUT2D eigenvalue weighted by Gasteiger charge is -2.35. The summed E-state index contributed by atoms with van der Waals surface area (Å²) in [5.41, 5.74) is 6.61. The fourth-order valence-electron chi connectivity index (χ4n) is 2.93. The zero-order chi connectivity index (χ0) is 14.8. The quantitative estimate of drug-likeness (QED) is 0.896. The van der Waals surface area contributed by atoms with Crippen molar-refractivity contribution in [2.75, 3.05) is 0 Å². The first-order valence-electron chi connectivity index (χ1n) is 7.14. The molecule has 1 aliphatic rings. The summed E-state index contributed by atoms with van der Waals surface area (Å²) in [6.07, 6.45) is 4.04. The van der Waals surface area contributed by atoms with Crippen molar-refractivity contribution >= 4 is 10.0 Å². The highest BCUT2D eigenvalue weighted by molar-refractivity contribution is 7.89. The van der Waals surface area contributed by atoms with Gasteiger partial charge >= 0.3 is 0 Å². The van der Waals surface area contributed by atoms with Gasteiger partial charge in [0.2, 0.25) is 10.0 Å². The molecule has 1 atom stereocenters. The number of nitrogens with one attached hydrogen (secondary N) is 1. The average molecular weight is 296 g/mol. The molecule has 0 spiro atoms. The van der Waals surface area contributed by atoms with Crippen LogP contribution in [-0.4, -0.2) is 14.5 Å². The molecule has 0 aliphatic heterocycles. The molecule has 20 heavy (non-hydrogen) atoms. The molecule has 1 saturated carbocycles. The molecular weight excluding hydrogens is 272 g/mol. The van der Waals surface area contributed by atoms with Crippen LogP contribution < -0.4 is 10.5 Å². The van der Waals surface area contributed by atoms with E-state index in [0.717, 1.165) is 31.2 Å². The maximum absolute atomic E-state index is 12.4. The summed E-state index contributed by atoms with van der Waals surface area (Å²) in [6.45, 7) is 4.74. The Hall–Kier alpha value is -0.910. The van der Waals surface area contributed by atoms with Gasteiger partial charge in [0.25, 0.3) is 0 Å². The molecule has 1 aliphatic carbocycles. The second-order valence-corrected chi connectivity index (χ2v) is 8.14. The topological polar surface area (TPSA) is 72.2 Å². The van der Waals surface area contributed by atoms with Crippen LogP contribution in [-0.2, 0) is 16.6 Å². The van der Waals surface area contributed by atoms with Gasteiger partial charge in [-0.25, -0.2) is 13.1 Å². The summed E-state index contributed by atoms with van der Waals surface area (Å²) < 4.78 is 27.7. The fourth-order valence-corrected chi connectivity index (χ4v) is 4.27. The molecule has 0 bridgehead atoms. The van der Waals surface area contributed by atoms with Crippen molar-refractivity contribution < 1.29 is 8.42 Å². The largest absolute Gasteiger partial charge is 0.326 e. The van der Waals surface area contributed by atoms with Crippen molar-refractivity contribution in [3.63, 3.8) is 0 Å². The van der Waals surface area contributed by atoms with E-state index in [1.54, 1.807) is 18.2 Å². The minimum absolute atomic E-state index is 0.0327. The molecule has 2 rings (SSSR count). The highest BCUT2D eigenvalue weighted by atomic mass is 32.2. The van der Waals surface area contributed by atoms with Crippen LogP contribution in [0.15, 0.2) is 29.2 Å². The summed E-state index contributed by atoms with van der Waals surface area (Å²) in [5, 5.41) is 0. The van der Waals surface area contributed by atoms with Crippen LogP contribution in [0.4, 0.5) is 0 Å². The van der Waals surface area contributed by atoms with Crippen LogP contribution in [0, 0.1) is 5.41 Å². The molecule has 1 aromatic carbocycles. The third kappa shape index (κ3) is 3.81. The van der Waals surface area contributed by atoms with Gasteiger partial charge in [0.15, 0.2) is 0 Å².